The SMILES string of the molecule is CCC1(CC)CC1C(=O)N1CCc2c(C(=O)NCc3ccc4c(c3)OCO4)c(OC)cc(=O)n2CC1. The van der Waals surface area contributed by atoms with E-state index < -0.39 is 0 Å². The number of nitrogens with zero attached hydrogens (tertiary/aromatic N) is 2. The van der Waals surface area contributed by atoms with E-state index in [-0.39, 0.29) is 47.8 Å². The van der Waals surface area contributed by atoms with Crippen LogP contribution in [-0.4, -0.2) is 48.3 Å². The van der Waals surface area contributed by atoms with Gasteiger partial charge in [0.2, 0.25) is 12.7 Å². The third kappa shape index (κ3) is 4.20. The highest BCUT2D eigenvalue weighted by Gasteiger charge is 2.56. The molecule has 2 aliphatic heterocycles. The monoisotopic (exact) mass is 495 g/mol. The fourth-order valence-electron chi connectivity index (χ4n) is 5.65. The van der Waals surface area contributed by atoms with Crippen molar-refractivity contribution in [3.63, 3.8) is 0 Å². The highest BCUT2D eigenvalue weighted by atomic mass is 16.7. The minimum Gasteiger partial charge on any atom is -0.496 e. The third-order valence-electron chi connectivity index (χ3n) is 8.14. The first-order valence-electron chi connectivity index (χ1n) is 12.7. The molecular formula is C27H33N3O6. The van der Waals surface area contributed by atoms with Crippen LogP contribution >= 0.6 is 0 Å². The molecule has 9 nitrogen and oxygen atoms in total. The summed E-state index contributed by atoms with van der Waals surface area (Å²) >= 11 is 0. The van der Waals surface area contributed by atoms with E-state index in [2.05, 4.69) is 19.2 Å². The molecule has 1 atom stereocenters. The van der Waals surface area contributed by atoms with E-state index in [1.165, 1.54) is 13.2 Å². The van der Waals surface area contributed by atoms with Crippen molar-refractivity contribution in [1.29, 1.82) is 0 Å². The molecule has 1 saturated carbocycles. The number of nitrogens with one attached hydrogen (secondary N) is 1. The van der Waals surface area contributed by atoms with Crippen LogP contribution in [0.15, 0.2) is 29.1 Å². The van der Waals surface area contributed by atoms with Crippen molar-refractivity contribution in [2.24, 2.45) is 11.3 Å². The molecule has 2 aromatic rings. The van der Waals surface area contributed by atoms with Gasteiger partial charge in [0.25, 0.3) is 11.5 Å². The molecule has 9 heteroatoms. The van der Waals surface area contributed by atoms with Crippen LogP contribution in [0.2, 0.25) is 0 Å². The van der Waals surface area contributed by atoms with Crippen LogP contribution in [0.25, 0.3) is 0 Å². The second kappa shape index (κ2) is 9.52. The minimum absolute atomic E-state index is 0.0597. The van der Waals surface area contributed by atoms with Gasteiger partial charge in [-0.05, 0) is 42.4 Å². The fraction of sp³-hybridized carbons (Fsp3) is 0.519. The van der Waals surface area contributed by atoms with Gasteiger partial charge in [-0.3, -0.25) is 14.4 Å². The molecule has 3 aliphatic rings. The Bertz CT molecular complexity index is 1250. The maximum Gasteiger partial charge on any atom is 0.257 e. The molecule has 1 N–H and O–H groups in total. The van der Waals surface area contributed by atoms with Gasteiger partial charge < -0.3 is 29.0 Å². The number of rotatable bonds is 7. The fourth-order valence-corrected chi connectivity index (χ4v) is 5.65. The molecule has 1 aromatic carbocycles. The highest BCUT2D eigenvalue weighted by Crippen LogP contribution is 2.58. The number of aromatic nitrogens is 1. The van der Waals surface area contributed by atoms with Gasteiger partial charge >= 0.3 is 0 Å². The van der Waals surface area contributed by atoms with Crippen LogP contribution in [0, 0.1) is 11.3 Å². The summed E-state index contributed by atoms with van der Waals surface area (Å²) in [5.74, 6) is 1.47. The van der Waals surface area contributed by atoms with E-state index in [0.29, 0.717) is 48.8 Å². The number of fused-ring (bicyclic) bond motifs is 2. The van der Waals surface area contributed by atoms with Gasteiger partial charge in [0.1, 0.15) is 11.3 Å². The van der Waals surface area contributed by atoms with Crippen molar-refractivity contribution in [3.05, 3.63) is 51.4 Å². The first-order chi connectivity index (χ1) is 17.4. The van der Waals surface area contributed by atoms with Crippen LogP contribution in [-0.2, 0) is 24.3 Å². The smallest absolute Gasteiger partial charge is 0.257 e. The number of pyridine rings is 1. The second-order valence-electron chi connectivity index (χ2n) is 9.80. The Labute approximate surface area is 210 Å². The molecule has 3 heterocycles. The summed E-state index contributed by atoms with van der Waals surface area (Å²) in [5, 5.41) is 2.95. The molecule has 192 valence electrons. The van der Waals surface area contributed by atoms with Gasteiger partial charge in [0.05, 0.1) is 7.11 Å². The highest BCUT2D eigenvalue weighted by molar-refractivity contribution is 5.98. The maximum absolute atomic E-state index is 13.4. The number of hydrogen-bond acceptors (Lipinski definition) is 6. The molecule has 1 aromatic heterocycles. The zero-order valence-corrected chi connectivity index (χ0v) is 21.1. The van der Waals surface area contributed by atoms with Gasteiger partial charge in [-0.2, -0.15) is 0 Å². The van der Waals surface area contributed by atoms with Gasteiger partial charge in [-0.25, -0.2) is 0 Å². The van der Waals surface area contributed by atoms with Crippen LogP contribution < -0.4 is 25.1 Å². The summed E-state index contributed by atoms with van der Waals surface area (Å²) in [4.78, 5) is 41.4. The lowest BCUT2D eigenvalue weighted by atomic mass is 9.96. The number of amides is 2. The molecule has 0 bridgehead atoms. The van der Waals surface area contributed by atoms with Gasteiger partial charge in [0, 0.05) is 50.3 Å². The van der Waals surface area contributed by atoms with E-state index in [1.54, 1.807) is 4.57 Å². The van der Waals surface area contributed by atoms with Crippen molar-refractivity contribution in [2.75, 3.05) is 27.0 Å². The lowest BCUT2D eigenvalue weighted by Crippen LogP contribution is -2.36. The molecule has 2 amide bonds. The standard InChI is InChI=1S/C27H33N3O6/c1-4-27(5-2)14-18(27)26(33)29-9-8-19-24(22(34-3)13-23(31)30(19)11-10-29)25(32)28-15-17-6-7-20-21(12-17)36-16-35-20/h6-7,12-13,18H,4-5,8-11,14-16H2,1-3H3,(H,28,32). The van der Waals surface area contributed by atoms with Crippen LogP contribution in [0.4, 0.5) is 0 Å². The number of methoxy groups -OCH3 is 1. The van der Waals surface area contributed by atoms with Crippen molar-refractivity contribution in [2.45, 2.75) is 52.6 Å². The zero-order chi connectivity index (χ0) is 25.4. The zero-order valence-electron chi connectivity index (χ0n) is 21.1. The van der Waals surface area contributed by atoms with Crippen molar-refractivity contribution >= 4 is 11.8 Å². The first-order valence-corrected chi connectivity index (χ1v) is 12.7. The Morgan fingerprint density at radius 1 is 1.11 bits per heavy atom. The van der Waals surface area contributed by atoms with E-state index >= 15 is 0 Å². The Balaban J connectivity index is 1.35. The predicted molar refractivity (Wildman–Crippen MR) is 132 cm³/mol. The number of carbonyl (C=O) groups is 2. The molecule has 1 unspecified atom stereocenters. The summed E-state index contributed by atoms with van der Waals surface area (Å²) in [6.45, 7) is 6.03. The summed E-state index contributed by atoms with van der Waals surface area (Å²) in [6, 6.07) is 6.88. The normalized spacial score (nSPS) is 19.3. The van der Waals surface area contributed by atoms with Crippen molar-refractivity contribution in [1.82, 2.24) is 14.8 Å². The Hall–Kier alpha value is -3.49. The Morgan fingerprint density at radius 2 is 1.89 bits per heavy atom. The second-order valence-corrected chi connectivity index (χ2v) is 9.80. The van der Waals surface area contributed by atoms with Crippen molar-refractivity contribution < 1.29 is 23.8 Å². The van der Waals surface area contributed by atoms with E-state index in [4.69, 9.17) is 14.2 Å². The molecule has 1 fully saturated rings. The largest absolute Gasteiger partial charge is 0.496 e. The minimum atomic E-state index is -0.328. The van der Waals surface area contributed by atoms with E-state index in [0.717, 1.165) is 24.8 Å². The number of hydrogen-bond donors (Lipinski definition) is 1. The van der Waals surface area contributed by atoms with Gasteiger partial charge in [-0.1, -0.05) is 19.9 Å². The molecular weight excluding hydrogens is 462 g/mol. The van der Waals surface area contributed by atoms with Gasteiger partial charge in [-0.15, -0.1) is 0 Å². The first kappa shape index (κ1) is 24.2. The molecule has 5 rings (SSSR count). The predicted octanol–water partition coefficient (Wildman–Crippen LogP) is 2.73. The van der Waals surface area contributed by atoms with Crippen LogP contribution in [0.3, 0.4) is 0 Å². The summed E-state index contributed by atoms with van der Waals surface area (Å²) in [6.07, 6.45) is 3.34. The molecule has 0 spiro atoms. The van der Waals surface area contributed by atoms with Crippen LogP contribution in [0.1, 0.15) is 54.7 Å². The maximum atomic E-state index is 13.4. The van der Waals surface area contributed by atoms with Gasteiger partial charge in [0.15, 0.2) is 11.5 Å². The van der Waals surface area contributed by atoms with Crippen molar-refractivity contribution in [3.8, 4) is 17.2 Å². The quantitative estimate of drug-likeness (QED) is 0.634. The lowest BCUT2D eigenvalue weighted by molar-refractivity contribution is -0.133. The molecule has 0 radical (unpaired) electrons. The third-order valence-corrected chi connectivity index (χ3v) is 8.14. The molecule has 36 heavy (non-hydrogen) atoms. The number of benzene rings is 1. The summed E-state index contributed by atoms with van der Waals surface area (Å²) < 4.78 is 17.8. The van der Waals surface area contributed by atoms with Crippen LogP contribution in [0.5, 0.6) is 17.2 Å². The Kier molecular flexibility index (Phi) is 6.40. The average Bonchev–Trinajstić information content (AvgIpc) is 3.53. The topological polar surface area (TPSA) is 99.1 Å². The average molecular weight is 496 g/mol. The van der Waals surface area contributed by atoms with E-state index in [1.807, 2.05) is 23.1 Å². The summed E-state index contributed by atoms with van der Waals surface area (Å²) in [5.41, 5.74) is 1.70. The van der Waals surface area contributed by atoms with E-state index in [9.17, 15) is 14.4 Å². The molecule has 1 aliphatic carbocycles. The lowest BCUT2D eigenvalue weighted by Gasteiger charge is -2.22. The molecule has 0 saturated heterocycles. The Morgan fingerprint density at radius 3 is 2.61 bits per heavy atom. The number of ether oxygens (including phenoxy) is 3. The summed E-state index contributed by atoms with van der Waals surface area (Å²) in [7, 11) is 1.45. The number of carbonyl (C=O) groups excluding carboxylic acids is 2.